The van der Waals surface area contributed by atoms with Gasteiger partial charge in [0, 0.05) is 13.1 Å². The highest BCUT2D eigenvalue weighted by Crippen LogP contribution is 2.05. The number of hydrogen-bond acceptors (Lipinski definition) is 2. The maximum absolute atomic E-state index is 11.7. The first-order valence-electron chi connectivity index (χ1n) is 5.88. The molecule has 0 spiro atoms. The summed E-state index contributed by atoms with van der Waals surface area (Å²) in [5.74, 6) is 0.418. The molecule has 3 heteroatoms. The van der Waals surface area contributed by atoms with E-state index in [2.05, 4.69) is 20.8 Å². The zero-order valence-corrected chi connectivity index (χ0v) is 10.6. The molecule has 93 valence electrons. The van der Waals surface area contributed by atoms with Crippen molar-refractivity contribution in [2.75, 3.05) is 13.1 Å². The fourth-order valence-corrected chi connectivity index (χ4v) is 1.51. The van der Waals surface area contributed by atoms with E-state index < -0.39 is 0 Å². The second kappa shape index (κ2) is 6.94. The summed E-state index contributed by atoms with van der Waals surface area (Å²) < 4.78 is 5.23. The number of rotatable bonds is 5. The zero-order valence-electron chi connectivity index (χ0n) is 10.6. The van der Waals surface area contributed by atoms with Crippen LogP contribution in [0.3, 0.4) is 0 Å². The minimum absolute atomic E-state index is 0.294. The molecule has 3 nitrogen and oxygen atoms in total. The first-order chi connectivity index (χ1) is 8.13. The minimum atomic E-state index is -0.294. The molecule has 1 aromatic carbocycles. The van der Waals surface area contributed by atoms with Gasteiger partial charge in [-0.25, -0.2) is 4.79 Å². The van der Waals surface area contributed by atoms with Gasteiger partial charge in [-0.15, -0.1) is 0 Å². The normalized spacial score (nSPS) is 10.4. The van der Waals surface area contributed by atoms with E-state index in [1.807, 2.05) is 30.3 Å². The van der Waals surface area contributed by atoms with Gasteiger partial charge in [-0.05, 0) is 18.4 Å². The summed E-state index contributed by atoms with van der Waals surface area (Å²) in [7, 11) is 0. The molecule has 17 heavy (non-hydrogen) atoms. The van der Waals surface area contributed by atoms with E-state index in [9.17, 15) is 4.79 Å². The minimum Gasteiger partial charge on any atom is -0.445 e. The predicted octanol–water partition coefficient (Wildman–Crippen LogP) is 3.12. The summed E-state index contributed by atoms with van der Waals surface area (Å²) >= 11 is 0. The molecule has 0 aliphatic heterocycles. The number of nitrogens with zero attached hydrogens (tertiary/aromatic N) is 1. The summed E-state index contributed by atoms with van der Waals surface area (Å²) in [6, 6.07) is 9.66. The van der Waals surface area contributed by atoms with Crippen LogP contribution in [0.4, 0.5) is 4.79 Å². The van der Waals surface area contributed by atoms with Gasteiger partial charge in [0.05, 0.1) is 0 Å². The molecule has 1 rings (SSSR count). The van der Waals surface area contributed by atoms with Crippen LogP contribution in [0.25, 0.3) is 0 Å². The fourth-order valence-electron chi connectivity index (χ4n) is 1.51. The largest absolute Gasteiger partial charge is 0.445 e. The van der Waals surface area contributed by atoms with E-state index in [0.29, 0.717) is 25.6 Å². The van der Waals surface area contributed by atoms with Crippen LogP contribution in [-0.4, -0.2) is 24.1 Å². The van der Waals surface area contributed by atoms with Crippen molar-refractivity contribution in [1.29, 1.82) is 0 Å². The molecule has 0 aliphatic carbocycles. The van der Waals surface area contributed by atoms with Gasteiger partial charge < -0.3 is 9.64 Å². The Hall–Kier alpha value is -1.51. The topological polar surface area (TPSA) is 29.5 Å². The maximum atomic E-state index is 11.7. The van der Waals surface area contributed by atoms with Gasteiger partial charge in [-0.3, -0.25) is 0 Å². The molecule has 0 bridgehead atoms. The third-order valence-electron chi connectivity index (χ3n) is 2.32. The van der Waals surface area contributed by atoms with E-state index in [0.717, 1.165) is 5.56 Å². The van der Waals surface area contributed by atoms with Crippen molar-refractivity contribution in [2.45, 2.75) is 20.5 Å². The lowest BCUT2D eigenvalue weighted by atomic mass is 10.2. The number of ether oxygens (including phenoxy) is 1. The Kier molecular flexibility index (Phi) is 5.53. The quantitative estimate of drug-likeness (QED) is 0.783. The summed E-state index contributed by atoms with van der Waals surface area (Å²) in [5.41, 5.74) is 0.995. The van der Waals surface area contributed by atoms with Crippen molar-refractivity contribution in [3.8, 4) is 0 Å². The molecule has 0 aliphatic rings. The molecule has 0 N–H and O–H groups in total. The first-order valence-corrected chi connectivity index (χ1v) is 5.88. The monoisotopic (exact) mass is 234 g/mol. The van der Waals surface area contributed by atoms with Crippen molar-refractivity contribution in [2.24, 2.45) is 5.92 Å². The number of hydrogen-bond donors (Lipinski definition) is 0. The summed E-state index contributed by atoms with van der Waals surface area (Å²) in [5, 5.41) is 0. The smallest absolute Gasteiger partial charge is 0.410 e. The Morgan fingerprint density at radius 1 is 1.35 bits per heavy atom. The van der Waals surface area contributed by atoms with Crippen molar-refractivity contribution in [3.05, 3.63) is 42.8 Å². The van der Waals surface area contributed by atoms with Crippen LogP contribution in [0.5, 0.6) is 0 Å². The highest BCUT2D eigenvalue weighted by molar-refractivity contribution is 5.67. The number of amides is 1. The maximum Gasteiger partial charge on any atom is 0.410 e. The molecule has 1 radical (unpaired) electrons. The Morgan fingerprint density at radius 3 is 2.53 bits per heavy atom. The predicted molar refractivity (Wildman–Crippen MR) is 68.4 cm³/mol. The van der Waals surface area contributed by atoms with Gasteiger partial charge >= 0.3 is 6.09 Å². The van der Waals surface area contributed by atoms with Crippen molar-refractivity contribution < 1.29 is 9.53 Å². The number of carbonyl (C=O) groups excluding carboxylic acids is 1. The fraction of sp³-hybridized carbons (Fsp3) is 0.429. The van der Waals surface area contributed by atoms with Gasteiger partial charge in [-0.1, -0.05) is 44.2 Å². The summed E-state index contributed by atoms with van der Waals surface area (Å²) in [6.07, 6.45) is -0.294. The molecule has 0 fully saturated rings. The third kappa shape index (κ3) is 4.89. The van der Waals surface area contributed by atoms with Crippen LogP contribution in [-0.2, 0) is 11.3 Å². The van der Waals surface area contributed by atoms with Crippen LogP contribution >= 0.6 is 0 Å². The lowest BCUT2D eigenvalue weighted by Gasteiger charge is -2.22. The number of benzene rings is 1. The second-order valence-corrected chi connectivity index (χ2v) is 4.38. The second-order valence-electron chi connectivity index (χ2n) is 4.38. The summed E-state index contributed by atoms with van der Waals surface area (Å²) in [6.45, 7) is 9.29. The van der Waals surface area contributed by atoms with Gasteiger partial charge in [0.15, 0.2) is 0 Å². The van der Waals surface area contributed by atoms with E-state index in [1.165, 1.54) is 0 Å². The molecule has 1 aromatic rings. The average Bonchev–Trinajstić information content (AvgIpc) is 2.34. The lowest BCUT2D eigenvalue weighted by molar-refractivity contribution is 0.0960. The molecular formula is C14H20NO2. The molecule has 0 unspecified atom stereocenters. The Morgan fingerprint density at radius 2 is 2.00 bits per heavy atom. The van der Waals surface area contributed by atoms with Gasteiger partial charge in [-0.2, -0.15) is 0 Å². The molecular weight excluding hydrogens is 214 g/mol. The van der Waals surface area contributed by atoms with E-state index in [-0.39, 0.29) is 6.09 Å². The third-order valence-corrected chi connectivity index (χ3v) is 2.32. The molecule has 0 saturated carbocycles. The molecule has 0 heterocycles. The number of carbonyl (C=O) groups is 1. The lowest BCUT2D eigenvalue weighted by Crippen LogP contribution is -2.34. The van der Waals surface area contributed by atoms with Crippen LogP contribution < -0.4 is 0 Å². The Labute approximate surface area is 103 Å². The van der Waals surface area contributed by atoms with Gasteiger partial charge in [0.25, 0.3) is 0 Å². The molecule has 0 atom stereocenters. The van der Waals surface area contributed by atoms with E-state index in [1.54, 1.807) is 4.90 Å². The summed E-state index contributed by atoms with van der Waals surface area (Å²) in [4.78, 5) is 13.4. The van der Waals surface area contributed by atoms with Gasteiger partial charge in [0.1, 0.15) is 6.61 Å². The van der Waals surface area contributed by atoms with Crippen LogP contribution in [0.15, 0.2) is 30.3 Å². The van der Waals surface area contributed by atoms with E-state index >= 15 is 0 Å². The molecule has 0 aromatic heterocycles. The standard InChI is InChI=1S/C14H20NO2/c1-4-15(10-12(2)3)14(16)17-11-13-8-6-5-7-9-13/h5-9,12H,1,4,10-11H2,2-3H3. The Balaban J connectivity index is 2.42. The SMILES string of the molecule is [CH2]CN(CC(C)C)C(=O)OCc1ccccc1. The van der Waals surface area contributed by atoms with Crippen LogP contribution in [0.2, 0.25) is 0 Å². The molecule has 0 saturated heterocycles. The van der Waals surface area contributed by atoms with Crippen molar-refractivity contribution in [3.63, 3.8) is 0 Å². The highest BCUT2D eigenvalue weighted by Gasteiger charge is 2.14. The van der Waals surface area contributed by atoms with Crippen LogP contribution in [0.1, 0.15) is 19.4 Å². The van der Waals surface area contributed by atoms with E-state index in [4.69, 9.17) is 4.74 Å². The van der Waals surface area contributed by atoms with Crippen molar-refractivity contribution in [1.82, 2.24) is 4.90 Å². The molecule has 1 amide bonds. The zero-order chi connectivity index (χ0) is 12.7. The Bertz CT molecular complexity index is 335. The van der Waals surface area contributed by atoms with Crippen LogP contribution in [0, 0.1) is 12.8 Å². The highest BCUT2D eigenvalue weighted by atomic mass is 16.6. The first kappa shape index (κ1) is 13.6. The van der Waals surface area contributed by atoms with Crippen molar-refractivity contribution >= 4 is 6.09 Å². The van der Waals surface area contributed by atoms with Gasteiger partial charge in [0.2, 0.25) is 0 Å². The average molecular weight is 234 g/mol.